The van der Waals surface area contributed by atoms with E-state index in [-0.39, 0.29) is 17.6 Å². The first-order chi connectivity index (χ1) is 13.1. The van der Waals surface area contributed by atoms with Crippen LogP contribution in [0.3, 0.4) is 0 Å². The van der Waals surface area contributed by atoms with Crippen LogP contribution in [-0.2, 0) is 21.6 Å². The molecule has 1 aliphatic heterocycles. The zero-order valence-electron chi connectivity index (χ0n) is 14.6. The predicted molar refractivity (Wildman–Crippen MR) is 98.3 cm³/mol. The van der Waals surface area contributed by atoms with Gasteiger partial charge in [0.25, 0.3) is 0 Å². The lowest BCUT2D eigenvalue weighted by Crippen LogP contribution is -2.34. The molecule has 0 spiro atoms. The average molecular weight is 389 g/mol. The lowest BCUT2D eigenvalue weighted by Gasteiger charge is -2.29. The molecule has 0 bridgehead atoms. The Morgan fingerprint density at radius 3 is 2.63 bits per heavy atom. The molecule has 1 saturated carbocycles. The van der Waals surface area contributed by atoms with Gasteiger partial charge in [0, 0.05) is 17.0 Å². The number of hydrogen-bond donors (Lipinski definition) is 0. The van der Waals surface area contributed by atoms with Crippen LogP contribution in [-0.4, -0.2) is 24.1 Å². The van der Waals surface area contributed by atoms with Gasteiger partial charge in [0.2, 0.25) is 0 Å². The molecule has 1 fully saturated rings. The van der Waals surface area contributed by atoms with E-state index in [0.29, 0.717) is 30.3 Å². The van der Waals surface area contributed by atoms with Crippen molar-refractivity contribution < 1.29 is 23.9 Å². The molecular formula is C19H19NO6S. The summed E-state index contributed by atoms with van der Waals surface area (Å²) in [6.07, 6.45) is 3.34. The third-order valence-electron chi connectivity index (χ3n) is 5.13. The molecule has 0 N–H and O–H groups in total. The van der Waals surface area contributed by atoms with Gasteiger partial charge >= 0.3 is 11.0 Å². The van der Waals surface area contributed by atoms with E-state index in [2.05, 4.69) is 0 Å². The Hall–Kier alpha value is -2.61. The van der Waals surface area contributed by atoms with Gasteiger partial charge in [-0.1, -0.05) is 30.2 Å². The van der Waals surface area contributed by atoms with Crippen molar-refractivity contribution in [1.82, 2.24) is 0 Å². The summed E-state index contributed by atoms with van der Waals surface area (Å²) in [5.41, 5.74) is 0.818. The highest BCUT2D eigenvalue weighted by atomic mass is 32.1. The molecule has 2 heterocycles. The summed E-state index contributed by atoms with van der Waals surface area (Å²) < 4.78 is 16.8. The molecule has 0 saturated heterocycles. The van der Waals surface area contributed by atoms with Crippen LogP contribution >= 0.6 is 11.3 Å². The van der Waals surface area contributed by atoms with E-state index >= 15 is 0 Å². The van der Waals surface area contributed by atoms with Crippen LogP contribution in [0.2, 0.25) is 0 Å². The van der Waals surface area contributed by atoms with Gasteiger partial charge in [-0.15, -0.1) is 0 Å². The lowest BCUT2D eigenvalue weighted by molar-refractivity contribution is -0.380. The minimum atomic E-state index is -0.697. The van der Waals surface area contributed by atoms with E-state index in [1.807, 2.05) is 18.2 Å². The number of nitro groups is 1. The molecule has 1 aliphatic carbocycles. The SMILES string of the molecule is O=C(OCc1csc([N+](=O)[O-])c1)C1(c2ccc3c(c2)OCCO3)CCCC1. The Balaban J connectivity index is 1.54. The summed E-state index contributed by atoms with van der Waals surface area (Å²) in [4.78, 5) is 23.4. The van der Waals surface area contributed by atoms with E-state index in [4.69, 9.17) is 14.2 Å². The fraction of sp³-hybridized carbons (Fsp3) is 0.421. The van der Waals surface area contributed by atoms with E-state index in [1.165, 1.54) is 6.07 Å². The fourth-order valence-corrected chi connectivity index (χ4v) is 4.47. The Labute approximate surface area is 160 Å². The Kier molecular flexibility index (Phi) is 4.73. The normalized spacial score (nSPS) is 17.5. The van der Waals surface area contributed by atoms with Gasteiger partial charge in [0.1, 0.15) is 19.8 Å². The molecular weight excluding hydrogens is 370 g/mol. The predicted octanol–water partition coefficient (Wildman–Crippen LogP) is 3.98. The van der Waals surface area contributed by atoms with Crippen LogP contribution in [0.15, 0.2) is 29.6 Å². The molecule has 0 radical (unpaired) electrons. The zero-order valence-corrected chi connectivity index (χ0v) is 15.5. The van der Waals surface area contributed by atoms with Crippen LogP contribution in [0.25, 0.3) is 0 Å². The fourth-order valence-electron chi connectivity index (χ4n) is 3.75. The average Bonchev–Trinajstić information content (AvgIpc) is 3.36. The van der Waals surface area contributed by atoms with Crippen molar-refractivity contribution in [2.24, 2.45) is 0 Å². The monoisotopic (exact) mass is 389 g/mol. The second kappa shape index (κ2) is 7.19. The topological polar surface area (TPSA) is 87.9 Å². The van der Waals surface area contributed by atoms with Gasteiger partial charge in [-0.2, -0.15) is 0 Å². The number of carbonyl (C=O) groups is 1. The molecule has 142 valence electrons. The Morgan fingerprint density at radius 1 is 1.19 bits per heavy atom. The summed E-state index contributed by atoms with van der Waals surface area (Å²) in [7, 11) is 0. The number of thiophene rings is 1. The standard InChI is InChI=1S/C19H19NO6S/c21-18(26-11-13-9-17(20(22)23)27-12-13)19(5-1-2-6-19)14-3-4-15-16(10-14)25-8-7-24-15/h3-4,9-10,12H,1-2,5-8,11H2. The molecule has 0 unspecified atom stereocenters. The highest BCUT2D eigenvalue weighted by molar-refractivity contribution is 7.13. The summed E-state index contributed by atoms with van der Waals surface area (Å²) in [6, 6.07) is 7.09. The van der Waals surface area contributed by atoms with Crippen LogP contribution in [0.1, 0.15) is 36.8 Å². The van der Waals surface area contributed by atoms with Gasteiger partial charge in [0.05, 0.1) is 10.3 Å². The number of nitrogens with zero attached hydrogens (tertiary/aromatic N) is 1. The number of fused-ring (bicyclic) bond motifs is 1. The highest BCUT2D eigenvalue weighted by Crippen LogP contribution is 2.45. The highest BCUT2D eigenvalue weighted by Gasteiger charge is 2.44. The van der Waals surface area contributed by atoms with Crippen LogP contribution in [0.4, 0.5) is 5.00 Å². The number of carbonyl (C=O) groups excluding carboxylic acids is 1. The van der Waals surface area contributed by atoms with Crippen LogP contribution < -0.4 is 9.47 Å². The lowest BCUT2D eigenvalue weighted by atomic mass is 9.78. The van der Waals surface area contributed by atoms with Crippen molar-refractivity contribution in [2.75, 3.05) is 13.2 Å². The van der Waals surface area contributed by atoms with E-state index in [0.717, 1.165) is 42.6 Å². The molecule has 1 aromatic heterocycles. The number of benzene rings is 1. The third-order valence-corrected chi connectivity index (χ3v) is 6.06. The summed E-state index contributed by atoms with van der Waals surface area (Å²) >= 11 is 1.03. The second-order valence-corrected chi connectivity index (χ2v) is 7.66. The molecule has 1 aromatic carbocycles. The first-order valence-electron chi connectivity index (χ1n) is 8.88. The smallest absolute Gasteiger partial charge is 0.324 e. The molecule has 27 heavy (non-hydrogen) atoms. The summed E-state index contributed by atoms with van der Waals surface area (Å²) in [5.74, 6) is 1.06. The summed E-state index contributed by atoms with van der Waals surface area (Å²) in [5, 5.41) is 12.5. The van der Waals surface area contributed by atoms with Crippen molar-refractivity contribution >= 4 is 22.3 Å². The van der Waals surface area contributed by atoms with Crippen molar-refractivity contribution in [3.8, 4) is 11.5 Å². The number of esters is 1. The van der Waals surface area contributed by atoms with Crippen molar-refractivity contribution in [1.29, 1.82) is 0 Å². The molecule has 0 amide bonds. The van der Waals surface area contributed by atoms with E-state index in [9.17, 15) is 14.9 Å². The Morgan fingerprint density at radius 2 is 1.93 bits per heavy atom. The maximum atomic E-state index is 13.0. The van der Waals surface area contributed by atoms with Gasteiger partial charge in [-0.05, 0) is 30.5 Å². The van der Waals surface area contributed by atoms with E-state index < -0.39 is 10.3 Å². The number of ether oxygens (including phenoxy) is 3. The number of rotatable bonds is 5. The molecule has 7 nitrogen and oxygen atoms in total. The molecule has 8 heteroatoms. The molecule has 2 aromatic rings. The first kappa shape index (κ1) is 17.8. The minimum Gasteiger partial charge on any atom is -0.486 e. The van der Waals surface area contributed by atoms with Gasteiger partial charge in [-0.3, -0.25) is 14.9 Å². The quantitative estimate of drug-likeness (QED) is 0.437. The zero-order chi connectivity index (χ0) is 18.9. The van der Waals surface area contributed by atoms with E-state index in [1.54, 1.807) is 5.38 Å². The van der Waals surface area contributed by atoms with Crippen LogP contribution in [0, 0.1) is 10.1 Å². The van der Waals surface area contributed by atoms with Gasteiger partial charge in [0.15, 0.2) is 11.5 Å². The van der Waals surface area contributed by atoms with Gasteiger partial charge < -0.3 is 14.2 Å². The largest absolute Gasteiger partial charge is 0.486 e. The number of hydrogen-bond acceptors (Lipinski definition) is 7. The Bertz CT molecular complexity index is 871. The summed E-state index contributed by atoms with van der Waals surface area (Å²) in [6.45, 7) is 1.05. The molecule has 0 atom stereocenters. The third kappa shape index (κ3) is 3.37. The van der Waals surface area contributed by atoms with Crippen molar-refractivity contribution in [3.05, 3.63) is 50.9 Å². The first-order valence-corrected chi connectivity index (χ1v) is 9.76. The van der Waals surface area contributed by atoms with Gasteiger partial charge in [-0.25, -0.2) is 0 Å². The van der Waals surface area contributed by atoms with Crippen molar-refractivity contribution in [3.63, 3.8) is 0 Å². The molecule has 2 aliphatic rings. The second-order valence-electron chi connectivity index (χ2n) is 6.77. The van der Waals surface area contributed by atoms with Crippen molar-refractivity contribution in [2.45, 2.75) is 37.7 Å². The maximum absolute atomic E-state index is 13.0. The molecule has 4 rings (SSSR count). The maximum Gasteiger partial charge on any atom is 0.324 e. The van der Waals surface area contributed by atoms with Crippen LogP contribution in [0.5, 0.6) is 11.5 Å². The minimum absolute atomic E-state index is 0.0372.